The van der Waals surface area contributed by atoms with Crippen LogP contribution in [0.3, 0.4) is 0 Å². The maximum Gasteiger partial charge on any atom is 0.319 e. The third-order valence-corrected chi connectivity index (χ3v) is 4.37. The third kappa shape index (κ3) is 4.75. The average molecular weight is 323 g/mol. The normalized spacial score (nSPS) is 14.2. The van der Waals surface area contributed by atoms with Gasteiger partial charge >= 0.3 is 6.03 Å². The van der Waals surface area contributed by atoms with Crippen molar-refractivity contribution in [1.82, 2.24) is 5.32 Å². The van der Waals surface area contributed by atoms with Crippen molar-refractivity contribution in [2.75, 3.05) is 29.9 Å². The molecule has 3 rings (SSSR count). The molecule has 1 aliphatic heterocycles. The van der Waals surface area contributed by atoms with E-state index in [2.05, 4.69) is 39.8 Å². The van der Waals surface area contributed by atoms with E-state index >= 15 is 0 Å². The van der Waals surface area contributed by atoms with E-state index in [4.69, 9.17) is 0 Å². The smallest absolute Gasteiger partial charge is 0.319 e. The first-order valence-electron chi connectivity index (χ1n) is 8.75. The predicted molar refractivity (Wildman–Crippen MR) is 99.7 cm³/mol. The summed E-state index contributed by atoms with van der Waals surface area (Å²) < 4.78 is 0. The minimum Gasteiger partial charge on any atom is -0.371 e. The van der Waals surface area contributed by atoms with Crippen molar-refractivity contribution in [3.8, 4) is 0 Å². The van der Waals surface area contributed by atoms with Crippen LogP contribution in [-0.2, 0) is 6.42 Å². The molecule has 1 saturated heterocycles. The first kappa shape index (κ1) is 16.4. The lowest BCUT2D eigenvalue weighted by Crippen LogP contribution is -2.31. The lowest BCUT2D eigenvalue weighted by molar-refractivity contribution is 0.252. The van der Waals surface area contributed by atoms with Crippen LogP contribution in [0, 0.1) is 0 Å². The van der Waals surface area contributed by atoms with Gasteiger partial charge in [0.15, 0.2) is 0 Å². The second-order valence-corrected chi connectivity index (χ2v) is 6.21. The molecule has 2 N–H and O–H groups in total. The fraction of sp³-hybridized carbons (Fsp3) is 0.350. The molecule has 2 aromatic rings. The van der Waals surface area contributed by atoms with Crippen LogP contribution in [0.4, 0.5) is 16.2 Å². The average Bonchev–Trinajstić information content (AvgIpc) is 2.63. The summed E-state index contributed by atoms with van der Waals surface area (Å²) in [4.78, 5) is 14.4. The van der Waals surface area contributed by atoms with Gasteiger partial charge in [-0.2, -0.15) is 0 Å². The van der Waals surface area contributed by atoms with Gasteiger partial charge in [-0.1, -0.05) is 36.4 Å². The number of carbonyl (C=O) groups is 1. The Morgan fingerprint density at radius 3 is 2.54 bits per heavy atom. The maximum absolute atomic E-state index is 12.1. The van der Waals surface area contributed by atoms with Gasteiger partial charge in [-0.3, -0.25) is 0 Å². The van der Waals surface area contributed by atoms with E-state index in [1.54, 1.807) is 0 Å². The minimum absolute atomic E-state index is 0.151. The van der Waals surface area contributed by atoms with Crippen LogP contribution in [0.25, 0.3) is 0 Å². The second-order valence-electron chi connectivity index (χ2n) is 6.21. The van der Waals surface area contributed by atoms with E-state index < -0.39 is 0 Å². The van der Waals surface area contributed by atoms with Gasteiger partial charge < -0.3 is 15.5 Å². The Morgan fingerprint density at radius 2 is 1.75 bits per heavy atom. The monoisotopic (exact) mass is 323 g/mol. The first-order chi connectivity index (χ1) is 11.8. The number of amides is 2. The van der Waals surface area contributed by atoms with Gasteiger partial charge in [0, 0.05) is 31.0 Å². The van der Waals surface area contributed by atoms with Crippen LogP contribution in [0.15, 0.2) is 54.6 Å². The fourth-order valence-electron chi connectivity index (χ4n) is 3.07. The second kappa shape index (κ2) is 8.39. The number of rotatable bonds is 5. The van der Waals surface area contributed by atoms with Gasteiger partial charge in [-0.15, -0.1) is 0 Å². The first-order valence-corrected chi connectivity index (χ1v) is 8.75. The molecule has 2 amide bonds. The molecule has 0 aliphatic carbocycles. The van der Waals surface area contributed by atoms with Gasteiger partial charge in [-0.05, 0) is 49.4 Å². The molecule has 1 fully saturated rings. The summed E-state index contributed by atoms with van der Waals surface area (Å²) in [6.07, 6.45) is 4.65. The molecule has 1 aliphatic rings. The molecule has 0 unspecified atom stereocenters. The Labute approximate surface area is 143 Å². The molecule has 2 aromatic carbocycles. The highest BCUT2D eigenvalue weighted by atomic mass is 16.2. The van der Waals surface area contributed by atoms with Gasteiger partial charge in [0.1, 0.15) is 0 Å². The van der Waals surface area contributed by atoms with Crippen LogP contribution in [0.2, 0.25) is 0 Å². The van der Waals surface area contributed by atoms with Crippen molar-refractivity contribution in [2.24, 2.45) is 0 Å². The lowest BCUT2D eigenvalue weighted by atomic mass is 10.1. The Kier molecular flexibility index (Phi) is 5.72. The number of hydrogen-bond donors (Lipinski definition) is 2. The van der Waals surface area contributed by atoms with Crippen LogP contribution in [0.5, 0.6) is 0 Å². The van der Waals surface area contributed by atoms with Gasteiger partial charge in [-0.25, -0.2) is 4.79 Å². The minimum atomic E-state index is -0.151. The van der Waals surface area contributed by atoms with E-state index in [1.807, 2.05) is 30.3 Å². The third-order valence-electron chi connectivity index (χ3n) is 4.37. The zero-order valence-corrected chi connectivity index (χ0v) is 14.0. The molecule has 4 heteroatoms. The highest BCUT2D eigenvalue weighted by molar-refractivity contribution is 5.89. The summed E-state index contributed by atoms with van der Waals surface area (Å²) >= 11 is 0. The predicted octanol–water partition coefficient (Wildman–Crippen LogP) is 4.04. The number of benzene rings is 2. The van der Waals surface area contributed by atoms with Crippen molar-refractivity contribution in [3.63, 3.8) is 0 Å². The summed E-state index contributed by atoms with van der Waals surface area (Å²) in [6, 6.07) is 18.1. The van der Waals surface area contributed by atoms with Gasteiger partial charge in [0.25, 0.3) is 0 Å². The maximum atomic E-state index is 12.1. The van der Waals surface area contributed by atoms with E-state index in [1.165, 1.54) is 30.5 Å². The number of piperidine rings is 1. The SMILES string of the molecule is O=C(NCCc1ccccc1)Nc1cccc(N2CCCCC2)c1. The van der Waals surface area contributed by atoms with Gasteiger partial charge in [0.2, 0.25) is 0 Å². The molecular weight excluding hydrogens is 298 g/mol. The lowest BCUT2D eigenvalue weighted by Gasteiger charge is -2.29. The Balaban J connectivity index is 1.49. The zero-order valence-electron chi connectivity index (χ0n) is 14.0. The summed E-state index contributed by atoms with van der Waals surface area (Å²) in [7, 11) is 0. The topological polar surface area (TPSA) is 44.4 Å². The van der Waals surface area contributed by atoms with Crippen molar-refractivity contribution < 1.29 is 4.79 Å². The number of carbonyl (C=O) groups excluding carboxylic acids is 1. The summed E-state index contributed by atoms with van der Waals surface area (Å²) in [6.45, 7) is 2.83. The molecule has 0 saturated carbocycles. The summed E-state index contributed by atoms with van der Waals surface area (Å²) in [5.74, 6) is 0. The molecule has 4 nitrogen and oxygen atoms in total. The summed E-state index contributed by atoms with van der Waals surface area (Å²) in [5.41, 5.74) is 3.26. The molecule has 0 radical (unpaired) electrons. The molecular formula is C20H25N3O. The van der Waals surface area contributed by atoms with Crippen LogP contribution in [-0.4, -0.2) is 25.7 Å². The Morgan fingerprint density at radius 1 is 0.958 bits per heavy atom. The fourth-order valence-corrected chi connectivity index (χ4v) is 3.07. The molecule has 0 atom stereocenters. The highest BCUT2D eigenvalue weighted by Crippen LogP contribution is 2.22. The Bertz CT molecular complexity index is 651. The van der Waals surface area contributed by atoms with Crippen LogP contribution in [0.1, 0.15) is 24.8 Å². The van der Waals surface area contributed by atoms with Crippen molar-refractivity contribution in [2.45, 2.75) is 25.7 Å². The van der Waals surface area contributed by atoms with E-state index in [0.717, 1.165) is 25.2 Å². The van der Waals surface area contributed by atoms with E-state index in [0.29, 0.717) is 6.54 Å². The van der Waals surface area contributed by atoms with E-state index in [9.17, 15) is 4.79 Å². The van der Waals surface area contributed by atoms with Crippen LogP contribution < -0.4 is 15.5 Å². The van der Waals surface area contributed by atoms with Crippen molar-refractivity contribution >= 4 is 17.4 Å². The number of hydrogen-bond acceptors (Lipinski definition) is 2. The Hall–Kier alpha value is -2.49. The molecule has 0 aromatic heterocycles. The molecule has 126 valence electrons. The molecule has 1 heterocycles. The number of urea groups is 1. The molecule has 0 spiro atoms. The largest absolute Gasteiger partial charge is 0.371 e. The standard InChI is InChI=1S/C20H25N3O/c24-20(21-13-12-17-8-3-1-4-9-17)22-18-10-7-11-19(16-18)23-14-5-2-6-15-23/h1,3-4,7-11,16H,2,5-6,12-15H2,(H2,21,22,24). The van der Waals surface area contributed by atoms with Gasteiger partial charge in [0.05, 0.1) is 0 Å². The number of anilines is 2. The quantitative estimate of drug-likeness (QED) is 0.872. The highest BCUT2D eigenvalue weighted by Gasteiger charge is 2.11. The van der Waals surface area contributed by atoms with Crippen LogP contribution >= 0.6 is 0 Å². The van der Waals surface area contributed by atoms with Crippen molar-refractivity contribution in [3.05, 3.63) is 60.2 Å². The van der Waals surface area contributed by atoms with E-state index in [-0.39, 0.29) is 6.03 Å². The molecule has 0 bridgehead atoms. The van der Waals surface area contributed by atoms with Crippen molar-refractivity contribution in [1.29, 1.82) is 0 Å². The number of nitrogens with one attached hydrogen (secondary N) is 2. The summed E-state index contributed by atoms with van der Waals surface area (Å²) in [5, 5.41) is 5.85. The zero-order chi connectivity index (χ0) is 16.6. The molecule has 24 heavy (non-hydrogen) atoms. The number of nitrogens with zero attached hydrogens (tertiary/aromatic N) is 1.